The van der Waals surface area contributed by atoms with Crippen LogP contribution in [0.3, 0.4) is 0 Å². The van der Waals surface area contributed by atoms with E-state index in [1.165, 1.54) is 0 Å². The highest BCUT2D eigenvalue weighted by atomic mass is 35.5. The summed E-state index contributed by atoms with van der Waals surface area (Å²) in [5, 5.41) is 2.40. The second-order valence-corrected chi connectivity index (χ2v) is 6.90. The van der Waals surface area contributed by atoms with Gasteiger partial charge in [0.25, 0.3) is 0 Å². The fourth-order valence-corrected chi connectivity index (χ4v) is 2.50. The minimum Gasteiger partial charge on any atom is -0.350 e. The van der Waals surface area contributed by atoms with Gasteiger partial charge in [0.2, 0.25) is 5.91 Å². The average Bonchev–Trinajstić information content (AvgIpc) is 2.28. The Labute approximate surface area is 120 Å². The number of alkyl halides is 2. The maximum absolute atomic E-state index is 13.7. The molecule has 1 aliphatic rings. The lowest BCUT2D eigenvalue weighted by Crippen LogP contribution is -2.42. The van der Waals surface area contributed by atoms with Gasteiger partial charge in [0.05, 0.1) is 39.6 Å². The number of allylic oxidation sites excluding steroid dienone is 1. The Balaban J connectivity index is 2.34. The number of nitrogens with zero attached hydrogens (tertiary/aromatic N) is 1. The first-order chi connectivity index (χ1) is 8.70. The third kappa shape index (κ3) is 5.49. The predicted molar refractivity (Wildman–Crippen MR) is 76.9 cm³/mol. The van der Waals surface area contributed by atoms with Crippen molar-refractivity contribution in [1.29, 1.82) is 0 Å². The van der Waals surface area contributed by atoms with Gasteiger partial charge in [-0.25, -0.2) is 4.39 Å². The predicted octanol–water partition coefficient (Wildman–Crippen LogP) is 2.11. The summed E-state index contributed by atoms with van der Waals surface area (Å²) in [6.07, 6.45) is 0.494. The second-order valence-electron chi connectivity index (χ2n) is 6.33. The molecule has 1 rings (SSSR count). The number of rotatable bonds is 5. The SMILES string of the molecule is C=C1C(CC(=O)NCC[N+](C)(C)C)CCC(Cl)C1F. The third-order valence-corrected chi connectivity index (χ3v) is 3.96. The molecule has 110 valence electrons. The summed E-state index contributed by atoms with van der Waals surface area (Å²) >= 11 is 5.86. The molecule has 0 aromatic rings. The summed E-state index contributed by atoms with van der Waals surface area (Å²) in [6.45, 7) is 5.26. The van der Waals surface area contributed by atoms with E-state index < -0.39 is 11.5 Å². The van der Waals surface area contributed by atoms with Crippen LogP contribution in [-0.2, 0) is 4.79 Å². The van der Waals surface area contributed by atoms with Gasteiger partial charge in [-0.1, -0.05) is 6.58 Å². The summed E-state index contributed by atoms with van der Waals surface area (Å²) < 4.78 is 14.5. The van der Waals surface area contributed by atoms with Gasteiger partial charge in [0, 0.05) is 6.42 Å². The second kappa shape index (κ2) is 6.71. The Hall–Kier alpha value is -0.610. The van der Waals surface area contributed by atoms with E-state index in [0.717, 1.165) is 17.4 Å². The zero-order valence-corrected chi connectivity index (χ0v) is 12.8. The first-order valence-corrected chi connectivity index (χ1v) is 7.18. The van der Waals surface area contributed by atoms with Crippen LogP contribution in [0, 0.1) is 5.92 Å². The Kier molecular flexibility index (Phi) is 5.81. The molecule has 0 aromatic carbocycles. The third-order valence-electron chi connectivity index (χ3n) is 3.52. The van der Waals surface area contributed by atoms with Crippen LogP contribution in [0.2, 0.25) is 0 Å². The minimum absolute atomic E-state index is 0.0279. The van der Waals surface area contributed by atoms with Gasteiger partial charge in [-0.3, -0.25) is 4.79 Å². The summed E-state index contributed by atoms with van der Waals surface area (Å²) in [7, 11) is 6.22. The molecule has 0 spiro atoms. The van der Waals surface area contributed by atoms with Crippen molar-refractivity contribution in [1.82, 2.24) is 5.32 Å². The Morgan fingerprint density at radius 3 is 2.68 bits per heavy atom. The van der Waals surface area contributed by atoms with Gasteiger partial charge in [-0.05, 0) is 24.3 Å². The molecule has 0 heterocycles. The Bertz CT molecular complexity index is 341. The largest absolute Gasteiger partial charge is 0.350 e. The zero-order chi connectivity index (χ0) is 14.6. The van der Waals surface area contributed by atoms with E-state index in [-0.39, 0.29) is 11.8 Å². The molecule has 1 fully saturated rings. The van der Waals surface area contributed by atoms with E-state index in [0.29, 0.717) is 25.0 Å². The number of carbonyl (C=O) groups is 1. The van der Waals surface area contributed by atoms with E-state index in [9.17, 15) is 9.18 Å². The molecular formula is C14H25ClFN2O+. The van der Waals surface area contributed by atoms with Gasteiger partial charge in [0.1, 0.15) is 6.17 Å². The van der Waals surface area contributed by atoms with E-state index >= 15 is 0 Å². The van der Waals surface area contributed by atoms with Gasteiger partial charge >= 0.3 is 0 Å². The molecule has 0 aliphatic heterocycles. The summed E-state index contributed by atoms with van der Waals surface area (Å²) in [5.41, 5.74) is 0.480. The fraction of sp³-hybridized carbons (Fsp3) is 0.786. The van der Waals surface area contributed by atoms with Crippen molar-refractivity contribution in [3.63, 3.8) is 0 Å². The number of nitrogens with one attached hydrogen (secondary N) is 1. The van der Waals surface area contributed by atoms with Crippen LogP contribution in [0.25, 0.3) is 0 Å². The highest BCUT2D eigenvalue weighted by molar-refractivity contribution is 6.21. The maximum atomic E-state index is 13.7. The summed E-state index contributed by atoms with van der Waals surface area (Å²) in [4.78, 5) is 11.8. The van der Waals surface area contributed by atoms with Crippen LogP contribution in [0.5, 0.6) is 0 Å². The first-order valence-electron chi connectivity index (χ1n) is 6.74. The van der Waals surface area contributed by atoms with Gasteiger partial charge in [-0.15, -0.1) is 11.6 Å². The van der Waals surface area contributed by atoms with E-state index in [1.54, 1.807) is 0 Å². The standard InChI is InChI=1S/C14H24ClFN2O/c1-10-11(5-6-12(15)14(10)16)9-13(19)17-7-8-18(2,3)4/h11-12,14H,1,5-9H2,2-4H3/p+1. The lowest BCUT2D eigenvalue weighted by molar-refractivity contribution is -0.869. The molecule has 3 nitrogen and oxygen atoms in total. The molecule has 0 bridgehead atoms. The number of hydrogen-bond donors (Lipinski definition) is 1. The van der Waals surface area contributed by atoms with Crippen LogP contribution in [0.1, 0.15) is 19.3 Å². The van der Waals surface area contributed by atoms with E-state index in [4.69, 9.17) is 11.6 Å². The van der Waals surface area contributed by atoms with Crippen LogP contribution in [-0.4, -0.2) is 56.2 Å². The molecule has 5 heteroatoms. The van der Waals surface area contributed by atoms with Gasteiger partial charge in [-0.2, -0.15) is 0 Å². The summed E-state index contributed by atoms with van der Waals surface area (Å²) in [6, 6.07) is 0. The Morgan fingerprint density at radius 1 is 1.47 bits per heavy atom. The summed E-state index contributed by atoms with van der Waals surface area (Å²) in [5.74, 6) is -0.103. The van der Waals surface area contributed by atoms with E-state index in [1.807, 2.05) is 0 Å². The van der Waals surface area contributed by atoms with Crippen LogP contribution >= 0.6 is 11.6 Å². The highest BCUT2D eigenvalue weighted by Crippen LogP contribution is 2.35. The number of hydrogen-bond acceptors (Lipinski definition) is 1. The number of halogens is 2. The number of quaternary nitrogens is 1. The normalized spacial score (nSPS) is 28.3. The lowest BCUT2D eigenvalue weighted by Gasteiger charge is -2.30. The van der Waals surface area contributed by atoms with Gasteiger partial charge in [0.15, 0.2) is 0 Å². The molecule has 0 radical (unpaired) electrons. The van der Waals surface area contributed by atoms with Crippen LogP contribution in [0.4, 0.5) is 4.39 Å². The molecule has 1 amide bonds. The monoisotopic (exact) mass is 291 g/mol. The van der Waals surface area contributed by atoms with Crippen molar-refractivity contribution < 1.29 is 13.7 Å². The highest BCUT2D eigenvalue weighted by Gasteiger charge is 2.33. The van der Waals surface area contributed by atoms with Crippen molar-refractivity contribution in [2.24, 2.45) is 5.92 Å². The molecular weight excluding hydrogens is 267 g/mol. The molecule has 19 heavy (non-hydrogen) atoms. The molecule has 1 aliphatic carbocycles. The zero-order valence-electron chi connectivity index (χ0n) is 12.1. The molecule has 0 saturated heterocycles. The smallest absolute Gasteiger partial charge is 0.220 e. The van der Waals surface area contributed by atoms with Crippen molar-refractivity contribution >= 4 is 17.5 Å². The van der Waals surface area contributed by atoms with Crippen molar-refractivity contribution in [2.75, 3.05) is 34.2 Å². The fourth-order valence-electron chi connectivity index (χ4n) is 2.21. The quantitative estimate of drug-likeness (QED) is 0.469. The molecule has 3 atom stereocenters. The van der Waals surface area contributed by atoms with E-state index in [2.05, 4.69) is 33.0 Å². The minimum atomic E-state index is -1.18. The van der Waals surface area contributed by atoms with Crippen molar-refractivity contribution in [2.45, 2.75) is 30.8 Å². The first kappa shape index (κ1) is 16.4. The van der Waals surface area contributed by atoms with Crippen molar-refractivity contribution in [3.8, 4) is 0 Å². The van der Waals surface area contributed by atoms with Crippen LogP contribution in [0.15, 0.2) is 12.2 Å². The van der Waals surface area contributed by atoms with Gasteiger partial charge < -0.3 is 9.80 Å². The van der Waals surface area contributed by atoms with Crippen LogP contribution < -0.4 is 5.32 Å². The molecule has 0 aromatic heterocycles. The topological polar surface area (TPSA) is 29.1 Å². The number of likely N-dealkylation sites (N-methyl/N-ethyl adjacent to an activating group) is 1. The Morgan fingerprint density at radius 2 is 2.11 bits per heavy atom. The number of amides is 1. The molecule has 3 unspecified atom stereocenters. The molecule has 1 saturated carbocycles. The maximum Gasteiger partial charge on any atom is 0.220 e. The lowest BCUT2D eigenvalue weighted by atomic mass is 9.81. The average molecular weight is 292 g/mol. The number of carbonyl (C=O) groups excluding carboxylic acids is 1. The molecule has 1 N–H and O–H groups in total. The van der Waals surface area contributed by atoms with Crippen molar-refractivity contribution in [3.05, 3.63) is 12.2 Å².